The molecule has 0 unspecified atom stereocenters. The molecule has 0 amide bonds. The Labute approximate surface area is 138 Å². The number of unbranched alkanes of at least 4 members (excludes halogenated alkanes) is 2. The van der Waals surface area contributed by atoms with Crippen LogP contribution in [0.4, 0.5) is 0 Å². The summed E-state index contributed by atoms with van der Waals surface area (Å²) in [5.74, 6) is 0. The highest BCUT2D eigenvalue weighted by Gasteiger charge is 2.12. The van der Waals surface area contributed by atoms with E-state index in [1.807, 2.05) is 0 Å². The summed E-state index contributed by atoms with van der Waals surface area (Å²) in [5.41, 5.74) is 7.78. The van der Waals surface area contributed by atoms with E-state index in [0.717, 1.165) is 6.42 Å². The highest BCUT2D eigenvalue weighted by atomic mass is 35.5. The summed E-state index contributed by atoms with van der Waals surface area (Å²) in [5, 5.41) is 5.23. The molecule has 1 atom stereocenters. The van der Waals surface area contributed by atoms with Gasteiger partial charge in [-0.25, -0.2) is 0 Å². The minimum absolute atomic E-state index is 0. The third-order valence-electron chi connectivity index (χ3n) is 4.32. The minimum Gasteiger partial charge on any atom is -0.324 e. The SMILES string of the molecule is CCCCC[C@@H](N)c1cc2ccccc2c2ccccc12.Cl. The third-order valence-corrected chi connectivity index (χ3v) is 4.32. The number of hydrogen-bond donors (Lipinski definition) is 1. The van der Waals surface area contributed by atoms with Crippen LogP contribution in [0.25, 0.3) is 21.5 Å². The van der Waals surface area contributed by atoms with Crippen LogP contribution in [-0.2, 0) is 0 Å². The van der Waals surface area contributed by atoms with Gasteiger partial charge in [-0.2, -0.15) is 0 Å². The van der Waals surface area contributed by atoms with Crippen molar-refractivity contribution in [3.8, 4) is 0 Å². The molecule has 2 heteroatoms. The van der Waals surface area contributed by atoms with Crippen molar-refractivity contribution in [1.29, 1.82) is 0 Å². The Morgan fingerprint density at radius 3 is 2.23 bits per heavy atom. The molecule has 0 fully saturated rings. The molecule has 0 spiro atoms. The minimum atomic E-state index is 0. The van der Waals surface area contributed by atoms with Gasteiger partial charge in [0.15, 0.2) is 0 Å². The van der Waals surface area contributed by atoms with Gasteiger partial charge in [0.1, 0.15) is 0 Å². The number of fused-ring (bicyclic) bond motifs is 3. The van der Waals surface area contributed by atoms with E-state index in [0.29, 0.717) is 0 Å². The summed E-state index contributed by atoms with van der Waals surface area (Å²) in [6.45, 7) is 2.23. The molecule has 3 aromatic carbocycles. The van der Waals surface area contributed by atoms with E-state index in [1.54, 1.807) is 0 Å². The number of nitrogens with two attached hydrogens (primary N) is 1. The molecule has 1 nitrogen and oxygen atoms in total. The van der Waals surface area contributed by atoms with Crippen LogP contribution < -0.4 is 5.73 Å². The molecule has 0 aliphatic carbocycles. The van der Waals surface area contributed by atoms with Gasteiger partial charge in [-0.05, 0) is 39.6 Å². The van der Waals surface area contributed by atoms with Gasteiger partial charge in [0.25, 0.3) is 0 Å². The van der Waals surface area contributed by atoms with Crippen molar-refractivity contribution in [3.05, 3.63) is 60.2 Å². The number of benzene rings is 3. The van der Waals surface area contributed by atoms with E-state index in [-0.39, 0.29) is 18.4 Å². The Morgan fingerprint density at radius 2 is 1.50 bits per heavy atom. The second kappa shape index (κ2) is 7.62. The van der Waals surface area contributed by atoms with Crippen LogP contribution in [0.3, 0.4) is 0 Å². The van der Waals surface area contributed by atoms with E-state index in [9.17, 15) is 0 Å². The molecule has 0 bridgehead atoms. The zero-order valence-corrected chi connectivity index (χ0v) is 13.9. The highest BCUT2D eigenvalue weighted by molar-refractivity contribution is 6.09. The molecule has 0 heterocycles. The molecule has 0 aliphatic rings. The normalized spacial score (nSPS) is 12.3. The standard InChI is InChI=1S/C20H23N.ClH/c1-2-3-4-13-20(21)19-14-15-9-5-6-10-16(15)17-11-7-8-12-18(17)19;/h5-12,14,20H,2-4,13,21H2,1H3;1H/t20-;/m1./s1. The van der Waals surface area contributed by atoms with Crippen LogP contribution in [0, 0.1) is 0 Å². The molecular weight excluding hydrogens is 290 g/mol. The van der Waals surface area contributed by atoms with Crippen molar-refractivity contribution in [2.75, 3.05) is 0 Å². The lowest BCUT2D eigenvalue weighted by atomic mass is 9.92. The Hall–Kier alpha value is -1.57. The molecule has 0 saturated carbocycles. The van der Waals surface area contributed by atoms with E-state index < -0.39 is 0 Å². The fraction of sp³-hybridized carbons (Fsp3) is 0.300. The number of hydrogen-bond acceptors (Lipinski definition) is 1. The molecule has 0 aliphatic heterocycles. The quantitative estimate of drug-likeness (QED) is 0.454. The maximum absolute atomic E-state index is 6.49. The lowest BCUT2D eigenvalue weighted by molar-refractivity contribution is 0.584. The average molecular weight is 314 g/mol. The van der Waals surface area contributed by atoms with Gasteiger partial charge >= 0.3 is 0 Å². The summed E-state index contributed by atoms with van der Waals surface area (Å²) in [7, 11) is 0. The molecule has 0 saturated heterocycles. The van der Waals surface area contributed by atoms with Crippen LogP contribution in [0.2, 0.25) is 0 Å². The topological polar surface area (TPSA) is 26.0 Å². The van der Waals surface area contributed by atoms with Gasteiger partial charge in [-0.1, -0.05) is 74.7 Å². The first-order valence-corrected chi connectivity index (χ1v) is 7.97. The first-order valence-electron chi connectivity index (χ1n) is 7.97. The van der Waals surface area contributed by atoms with Crippen LogP contribution >= 0.6 is 12.4 Å². The summed E-state index contributed by atoms with van der Waals surface area (Å²) in [6.07, 6.45) is 4.78. The fourth-order valence-corrected chi connectivity index (χ4v) is 3.16. The second-order valence-electron chi connectivity index (χ2n) is 5.83. The van der Waals surface area contributed by atoms with Gasteiger partial charge in [-0.15, -0.1) is 12.4 Å². The van der Waals surface area contributed by atoms with Crippen LogP contribution in [0.5, 0.6) is 0 Å². The van der Waals surface area contributed by atoms with E-state index in [1.165, 1.54) is 46.4 Å². The highest BCUT2D eigenvalue weighted by Crippen LogP contribution is 2.32. The van der Waals surface area contributed by atoms with Gasteiger partial charge < -0.3 is 5.73 Å². The Balaban J connectivity index is 0.00000176. The van der Waals surface area contributed by atoms with Gasteiger partial charge in [0, 0.05) is 6.04 Å². The number of halogens is 1. The zero-order chi connectivity index (χ0) is 14.7. The Bertz CT molecular complexity index is 751. The van der Waals surface area contributed by atoms with Crippen molar-refractivity contribution >= 4 is 34.0 Å². The van der Waals surface area contributed by atoms with Crippen LogP contribution in [0.1, 0.15) is 44.2 Å². The molecule has 116 valence electrons. The van der Waals surface area contributed by atoms with Crippen molar-refractivity contribution in [2.45, 2.75) is 38.6 Å². The first-order chi connectivity index (χ1) is 10.3. The summed E-state index contributed by atoms with van der Waals surface area (Å²) >= 11 is 0. The van der Waals surface area contributed by atoms with Crippen molar-refractivity contribution < 1.29 is 0 Å². The molecule has 2 N–H and O–H groups in total. The second-order valence-corrected chi connectivity index (χ2v) is 5.83. The largest absolute Gasteiger partial charge is 0.324 e. The monoisotopic (exact) mass is 313 g/mol. The predicted octanol–water partition coefficient (Wildman–Crippen LogP) is 5.99. The predicted molar refractivity (Wildman–Crippen MR) is 99.8 cm³/mol. The summed E-state index contributed by atoms with van der Waals surface area (Å²) in [6, 6.07) is 19.6. The van der Waals surface area contributed by atoms with E-state index >= 15 is 0 Å². The Kier molecular flexibility index (Phi) is 5.82. The van der Waals surface area contributed by atoms with Crippen LogP contribution in [0.15, 0.2) is 54.6 Å². The van der Waals surface area contributed by atoms with Crippen molar-refractivity contribution in [1.82, 2.24) is 0 Å². The van der Waals surface area contributed by atoms with Gasteiger partial charge in [-0.3, -0.25) is 0 Å². The molecular formula is C20H24ClN. The lowest BCUT2D eigenvalue weighted by Gasteiger charge is -2.16. The van der Waals surface area contributed by atoms with Crippen molar-refractivity contribution in [3.63, 3.8) is 0 Å². The summed E-state index contributed by atoms with van der Waals surface area (Å²) < 4.78 is 0. The fourth-order valence-electron chi connectivity index (χ4n) is 3.16. The van der Waals surface area contributed by atoms with E-state index in [4.69, 9.17) is 5.73 Å². The first kappa shape index (κ1) is 16.8. The smallest absolute Gasteiger partial charge is 0.0301 e. The molecule has 3 aromatic rings. The van der Waals surface area contributed by atoms with Gasteiger partial charge in [0.05, 0.1) is 0 Å². The Morgan fingerprint density at radius 1 is 0.864 bits per heavy atom. The summed E-state index contributed by atoms with van der Waals surface area (Å²) in [4.78, 5) is 0. The lowest BCUT2D eigenvalue weighted by Crippen LogP contribution is -2.10. The van der Waals surface area contributed by atoms with Gasteiger partial charge in [0.2, 0.25) is 0 Å². The molecule has 3 rings (SSSR count). The van der Waals surface area contributed by atoms with Crippen LogP contribution in [-0.4, -0.2) is 0 Å². The molecule has 22 heavy (non-hydrogen) atoms. The molecule has 0 aromatic heterocycles. The average Bonchev–Trinajstić information content (AvgIpc) is 2.54. The van der Waals surface area contributed by atoms with E-state index in [2.05, 4.69) is 61.5 Å². The zero-order valence-electron chi connectivity index (χ0n) is 13.1. The number of rotatable bonds is 5. The maximum Gasteiger partial charge on any atom is 0.0301 e. The molecule has 0 radical (unpaired) electrons. The third kappa shape index (κ3) is 3.26. The maximum atomic E-state index is 6.49. The van der Waals surface area contributed by atoms with Crippen molar-refractivity contribution in [2.24, 2.45) is 5.73 Å².